The van der Waals surface area contributed by atoms with Gasteiger partial charge in [0.1, 0.15) is 12.4 Å². The van der Waals surface area contributed by atoms with E-state index in [9.17, 15) is 4.79 Å². The highest BCUT2D eigenvalue weighted by Gasteiger charge is 2.13. The van der Waals surface area contributed by atoms with Crippen molar-refractivity contribution in [2.75, 3.05) is 14.2 Å². The zero-order valence-electron chi connectivity index (χ0n) is 19.0. The molecular weight excluding hydrogens is 579 g/mol. The van der Waals surface area contributed by atoms with Crippen molar-refractivity contribution in [3.63, 3.8) is 0 Å². The molecule has 0 spiro atoms. The summed E-state index contributed by atoms with van der Waals surface area (Å²) in [7, 11) is 3.10. The third-order valence-corrected chi connectivity index (χ3v) is 6.41. The first kappa shape index (κ1) is 24.8. The quantitative estimate of drug-likeness (QED) is 0.143. The Morgan fingerprint density at radius 2 is 1.74 bits per heavy atom. The van der Waals surface area contributed by atoms with E-state index < -0.39 is 0 Å². The van der Waals surface area contributed by atoms with Crippen LogP contribution in [0.3, 0.4) is 0 Å². The van der Waals surface area contributed by atoms with E-state index in [-0.39, 0.29) is 5.91 Å². The summed E-state index contributed by atoms with van der Waals surface area (Å²) in [5, 5.41) is 6.73. The average Bonchev–Trinajstić information content (AvgIpc) is 2.87. The van der Waals surface area contributed by atoms with E-state index in [0.717, 1.165) is 14.5 Å². The van der Waals surface area contributed by atoms with Crippen molar-refractivity contribution in [1.29, 1.82) is 0 Å². The molecule has 0 aliphatic heterocycles. The van der Waals surface area contributed by atoms with Gasteiger partial charge in [0.25, 0.3) is 5.91 Å². The van der Waals surface area contributed by atoms with Crippen LogP contribution in [0.5, 0.6) is 17.2 Å². The molecule has 35 heavy (non-hydrogen) atoms. The summed E-state index contributed by atoms with van der Waals surface area (Å²) in [5.74, 6) is 1.17. The minimum absolute atomic E-state index is 0.337. The maximum absolute atomic E-state index is 12.4. The largest absolute Gasteiger partial charge is 0.496 e. The molecule has 0 aliphatic carbocycles. The second-order valence-corrected chi connectivity index (χ2v) is 9.12. The van der Waals surface area contributed by atoms with Gasteiger partial charge in [-0.25, -0.2) is 5.43 Å². The minimum atomic E-state index is -0.357. The van der Waals surface area contributed by atoms with E-state index in [4.69, 9.17) is 25.8 Å². The van der Waals surface area contributed by atoms with Gasteiger partial charge in [-0.15, -0.1) is 0 Å². The molecule has 0 radical (unpaired) electrons. The van der Waals surface area contributed by atoms with Gasteiger partial charge in [-0.2, -0.15) is 5.10 Å². The number of nitrogens with one attached hydrogen (secondary N) is 1. The highest BCUT2D eigenvalue weighted by atomic mass is 127. The zero-order valence-corrected chi connectivity index (χ0v) is 22.0. The molecule has 1 N–H and O–H groups in total. The third-order valence-electron chi connectivity index (χ3n) is 5.24. The predicted octanol–water partition coefficient (Wildman–Crippen LogP) is 6.46. The van der Waals surface area contributed by atoms with Gasteiger partial charge in [-0.05, 0) is 80.9 Å². The Bertz CT molecular complexity index is 1410. The normalized spacial score (nSPS) is 11.0. The average molecular weight is 601 g/mol. The van der Waals surface area contributed by atoms with Crippen molar-refractivity contribution in [2.24, 2.45) is 5.10 Å². The Balaban J connectivity index is 1.44. The Morgan fingerprint density at radius 1 is 0.971 bits per heavy atom. The van der Waals surface area contributed by atoms with Gasteiger partial charge in [0.05, 0.1) is 29.0 Å². The highest BCUT2D eigenvalue weighted by Crippen LogP contribution is 2.36. The van der Waals surface area contributed by atoms with Crippen molar-refractivity contribution in [2.45, 2.75) is 6.61 Å². The number of fused-ring (bicyclic) bond motifs is 1. The lowest BCUT2D eigenvalue weighted by Crippen LogP contribution is -2.17. The number of nitrogens with zero attached hydrogens (tertiary/aromatic N) is 1. The molecule has 0 saturated carbocycles. The van der Waals surface area contributed by atoms with E-state index in [1.54, 1.807) is 44.6 Å². The molecule has 0 aromatic heterocycles. The molecule has 0 bridgehead atoms. The number of hydrazone groups is 1. The molecule has 6 nitrogen and oxygen atoms in total. The van der Waals surface area contributed by atoms with Crippen molar-refractivity contribution in [1.82, 2.24) is 5.43 Å². The fraction of sp³-hybridized carbons (Fsp3) is 0.111. The minimum Gasteiger partial charge on any atom is -0.496 e. The molecule has 1 amide bonds. The number of carbonyl (C=O) groups is 1. The van der Waals surface area contributed by atoms with E-state index in [0.29, 0.717) is 40.0 Å². The summed E-state index contributed by atoms with van der Waals surface area (Å²) < 4.78 is 17.7. The van der Waals surface area contributed by atoms with Crippen LogP contribution in [0, 0.1) is 3.57 Å². The first-order valence-corrected chi connectivity index (χ1v) is 12.1. The van der Waals surface area contributed by atoms with Crippen molar-refractivity contribution >= 4 is 57.1 Å². The van der Waals surface area contributed by atoms with Crippen LogP contribution in [-0.2, 0) is 6.61 Å². The number of methoxy groups -OCH3 is 2. The first-order chi connectivity index (χ1) is 17.0. The van der Waals surface area contributed by atoms with Crippen LogP contribution in [0.15, 0.2) is 77.9 Å². The summed E-state index contributed by atoms with van der Waals surface area (Å²) in [6.45, 7) is 0.337. The molecule has 0 heterocycles. The number of carbonyl (C=O) groups excluding carboxylic acids is 1. The lowest BCUT2D eigenvalue weighted by molar-refractivity contribution is 0.0954. The number of benzene rings is 4. The summed E-state index contributed by atoms with van der Waals surface area (Å²) in [6, 6.07) is 22.9. The second kappa shape index (κ2) is 11.4. The second-order valence-electron chi connectivity index (χ2n) is 7.55. The molecule has 0 saturated heterocycles. The lowest BCUT2D eigenvalue weighted by atomic mass is 10.1. The van der Waals surface area contributed by atoms with Crippen LogP contribution in [0.1, 0.15) is 21.5 Å². The summed E-state index contributed by atoms with van der Waals surface area (Å²) in [5.41, 5.74) is 4.61. The summed E-state index contributed by atoms with van der Waals surface area (Å²) in [4.78, 5) is 12.4. The fourth-order valence-electron chi connectivity index (χ4n) is 3.47. The topological polar surface area (TPSA) is 69.2 Å². The Morgan fingerprint density at radius 3 is 2.51 bits per heavy atom. The van der Waals surface area contributed by atoms with Crippen LogP contribution in [-0.4, -0.2) is 26.3 Å². The number of hydrogen-bond acceptors (Lipinski definition) is 5. The molecule has 4 aromatic carbocycles. The van der Waals surface area contributed by atoms with Gasteiger partial charge in [-0.1, -0.05) is 48.0 Å². The van der Waals surface area contributed by atoms with Crippen LogP contribution >= 0.6 is 34.2 Å². The van der Waals surface area contributed by atoms with Crippen LogP contribution in [0.25, 0.3) is 10.8 Å². The maximum Gasteiger partial charge on any atom is 0.271 e. The maximum atomic E-state index is 12.4. The Hall–Kier alpha value is -3.30. The van der Waals surface area contributed by atoms with Gasteiger partial charge in [-0.3, -0.25) is 4.79 Å². The smallest absolute Gasteiger partial charge is 0.271 e. The van der Waals surface area contributed by atoms with Crippen molar-refractivity contribution < 1.29 is 19.0 Å². The van der Waals surface area contributed by atoms with Crippen molar-refractivity contribution in [3.05, 3.63) is 98.1 Å². The SMILES string of the molecule is COc1cc(C(=O)N/N=C\c2cc(Cl)c(OCc3ccc4ccccc4c3)c(OC)c2)ccc1I. The predicted molar refractivity (Wildman–Crippen MR) is 147 cm³/mol. The lowest BCUT2D eigenvalue weighted by Gasteiger charge is -2.13. The third kappa shape index (κ3) is 6.04. The molecular formula is C27H22ClIN2O4. The Kier molecular flexibility index (Phi) is 8.09. The van der Waals surface area contributed by atoms with E-state index >= 15 is 0 Å². The number of amides is 1. The number of hydrogen-bond donors (Lipinski definition) is 1. The molecule has 178 valence electrons. The number of rotatable bonds is 8. The molecule has 8 heteroatoms. The number of ether oxygens (including phenoxy) is 3. The molecule has 4 aromatic rings. The fourth-order valence-corrected chi connectivity index (χ4v) is 4.30. The van der Waals surface area contributed by atoms with Gasteiger partial charge in [0, 0.05) is 5.56 Å². The summed E-state index contributed by atoms with van der Waals surface area (Å²) >= 11 is 8.63. The monoisotopic (exact) mass is 600 g/mol. The standard InChI is InChI=1S/C27H22ClIN2O4/c1-33-24-14-21(9-10-23(24)29)27(32)31-30-15-18-12-22(28)26(25(13-18)34-2)35-16-17-7-8-19-5-3-4-6-20(19)11-17/h3-15H,16H2,1-2H3,(H,31,32)/b30-15-. The van der Waals surface area contributed by atoms with Crippen LogP contribution in [0.4, 0.5) is 0 Å². The first-order valence-electron chi connectivity index (χ1n) is 10.6. The van der Waals surface area contributed by atoms with E-state index in [1.807, 2.05) is 18.2 Å². The molecule has 0 fully saturated rings. The van der Waals surface area contributed by atoms with Gasteiger partial charge in [0.15, 0.2) is 11.5 Å². The highest BCUT2D eigenvalue weighted by molar-refractivity contribution is 14.1. The molecule has 0 atom stereocenters. The van der Waals surface area contributed by atoms with Gasteiger partial charge >= 0.3 is 0 Å². The summed E-state index contributed by atoms with van der Waals surface area (Å²) in [6.07, 6.45) is 1.49. The number of halogens is 2. The molecule has 4 rings (SSSR count). The van der Waals surface area contributed by atoms with Gasteiger partial charge in [0.2, 0.25) is 0 Å². The molecule has 0 aliphatic rings. The van der Waals surface area contributed by atoms with Gasteiger partial charge < -0.3 is 14.2 Å². The van der Waals surface area contributed by atoms with E-state index in [2.05, 4.69) is 57.4 Å². The van der Waals surface area contributed by atoms with Crippen LogP contribution in [0.2, 0.25) is 5.02 Å². The Labute approximate surface area is 222 Å². The molecule has 0 unspecified atom stereocenters. The van der Waals surface area contributed by atoms with Crippen molar-refractivity contribution in [3.8, 4) is 17.2 Å². The zero-order chi connectivity index (χ0) is 24.8. The van der Waals surface area contributed by atoms with E-state index in [1.165, 1.54) is 11.6 Å². The van der Waals surface area contributed by atoms with Crippen LogP contribution < -0.4 is 19.6 Å².